The average molecular weight is 320 g/mol. The van der Waals surface area contributed by atoms with E-state index in [1.807, 2.05) is 31.2 Å². The van der Waals surface area contributed by atoms with Crippen molar-refractivity contribution in [3.8, 4) is 5.75 Å². The molecular weight excluding hydrogens is 306 g/mol. The SMILES string of the molecule is CCOc1ccc2nc(Sc3cc(Cl)ccc3N)[nH]c2c1. The Morgan fingerprint density at radius 2 is 2.14 bits per heavy atom. The van der Waals surface area contributed by atoms with E-state index in [9.17, 15) is 0 Å². The molecule has 2 aromatic carbocycles. The van der Waals surface area contributed by atoms with E-state index in [2.05, 4.69) is 9.97 Å². The van der Waals surface area contributed by atoms with Gasteiger partial charge in [0.15, 0.2) is 5.16 Å². The maximum absolute atomic E-state index is 6.00. The van der Waals surface area contributed by atoms with Gasteiger partial charge in [-0.05, 0) is 49.0 Å². The Kier molecular flexibility index (Phi) is 3.94. The zero-order chi connectivity index (χ0) is 14.8. The molecule has 0 radical (unpaired) electrons. The number of aromatic nitrogens is 2. The van der Waals surface area contributed by atoms with Crippen molar-refractivity contribution in [3.05, 3.63) is 41.4 Å². The second kappa shape index (κ2) is 5.87. The summed E-state index contributed by atoms with van der Waals surface area (Å²) in [4.78, 5) is 8.68. The fourth-order valence-corrected chi connectivity index (χ4v) is 3.09. The fourth-order valence-electron chi connectivity index (χ4n) is 1.97. The fraction of sp³-hybridized carbons (Fsp3) is 0.133. The molecule has 1 heterocycles. The van der Waals surface area contributed by atoms with Gasteiger partial charge in [-0.2, -0.15) is 0 Å². The summed E-state index contributed by atoms with van der Waals surface area (Å²) in [5, 5.41) is 1.43. The molecule has 0 fully saturated rings. The predicted molar refractivity (Wildman–Crippen MR) is 87.3 cm³/mol. The predicted octanol–water partition coefficient (Wildman–Crippen LogP) is 4.35. The van der Waals surface area contributed by atoms with Gasteiger partial charge >= 0.3 is 0 Å². The van der Waals surface area contributed by atoms with Crippen LogP contribution in [-0.2, 0) is 0 Å². The molecule has 0 unspecified atom stereocenters. The van der Waals surface area contributed by atoms with E-state index in [4.69, 9.17) is 22.1 Å². The van der Waals surface area contributed by atoms with Crippen molar-refractivity contribution in [2.75, 3.05) is 12.3 Å². The number of halogens is 1. The lowest BCUT2D eigenvalue weighted by atomic mass is 10.3. The number of imidazole rings is 1. The van der Waals surface area contributed by atoms with E-state index in [1.54, 1.807) is 12.1 Å². The Balaban J connectivity index is 1.92. The number of fused-ring (bicyclic) bond motifs is 1. The zero-order valence-electron chi connectivity index (χ0n) is 11.4. The number of anilines is 1. The number of benzene rings is 2. The van der Waals surface area contributed by atoms with Crippen molar-refractivity contribution >= 4 is 40.1 Å². The molecule has 0 saturated carbocycles. The summed E-state index contributed by atoms with van der Waals surface area (Å²) in [7, 11) is 0. The van der Waals surface area contributed by atoms with Gasteiger partial charge in [0.05, 0.1) is 17.6 Å². The van der Waals surface area contributed by atoms with Crippen LogP contribution in [0.1, 0.15) is 6.92 Å². The van der Waals surface area contributed by atoms with Crippen molar-refractivity contribution in [1.29, 1.82) is 0 Å². The van der Waals surface area contributed by atoms with Crippen LogP contribution >= 0.6 is 23.4 Å². The number of rotatable bonds is 4. The van der Waals surface area contributed by atoms with Crippen LogP contribution in [0.25, 0.3) is 11.0 Å². The van der Waals surface area contributed by atoms with Crippen molar-refractivity contribution in [3.63, 3.8) is 0 Å². The third kappa shape index (κ3) is 3.09. The number of ether oxygens (including phenoxy) is 1. The smallest absolute Gasteiger partial charge is 0.171 e. The van der Waals surface area contributed by atoms with Crippen molar-refractivity contribution < 1.29 is 4.74 Å². The molecule has 108 valence electrons. The topological polar surface area (TPSA) is 63.9 Å². The van der Waals surface area contributed by atoms with Crippen LogP contribution in [0.2, 0.25) is 5.02 Å². The van der Waals surface area contributed by atoms with Crippen LogP contribution in [0.3, 0.4) is 0 Å². The Morgan fingerprint density at radius 3 is 2.95 bits per heavy atom. The van der Waals surface area contributed by atoms with Gasteiger partial charge in [0.1, 0.15) is 5.75 Å². The molecule has 4 nitrogen and oxygen atoms in total. The van der Waals surface area contributed by atoms with E-state index in [0.29, 0.717) is 17.3 Å². The maximum atomic E-state index is 6.00. The van der Waals surface area contributed by atoms with Crippen molar-refractivity contribution in [1.82, 2.24) is 9.97 Å². The Hall–Kier alpha value is -1.85. The minimum absolute atomic E-state index is 0.639. The van der Waals surface area contributed by atoms with Gasteiger partial charge < -0.3 is 15.5 Å². The number of H-pyrrole nitrogens is 1. The van der Waals surface area contributed by atoms with Crippen LogP contribution in [0, 0.1) is 0 Å². The van der Waals surface area contributed by atoms with Gasteiger partial charge in [-0.15, -0.1) is 0 Å². The summed E-state index contributed by atoms with van der Waals surface area (Å²) >= 11 is 7.46. The zero-order valence-corrected chi connectivity index (χ0v) is 13.0. The molecule has 0 aliphatic heterocycles. The number of nitrogen functional groups attached to an aromatic ring is 1. The summed E-state index contributed by atoms with van der Waals surface area (Å²) < 4.78 is 5.48. The van der Waals surface area contributed by atoms with E-state index in [-0.39, 0.29) is 0 Å². The number of nitrogens with one attached hydrogen (secondary N) is 1. The van der Waals surface area contributed by atoms with Crippen LogP contribution in [0.5, 0.6) is 5.75 Å². The molecule has 0 aliphatic carbocycles. The number of hydrogen-bond donors (Lipinski definition) is 2. The molecule has 1 aromatic heterocycles. The number of nitrogens with zero attached hydrogens (tertiary/aromatic N) is 1. The third-order valence-electron chi connectivity index (χ3n) is 2.92. The molecular formula is C15H14ClN3OS. The number of nitrogens with two attached hydrogens (primary N) is 1. The lowest BCUT2D eigenvalue weighted by Crippen LogP contribution is -1.90. The van der Waals surface area contributed by atoms with Crippen LogP contribution < -0.4 is 10.5 Å². The Bertz CT molecular complexity index is 788. The maximum Gasteiger partial charge on any atom is 0.171 e. The minimum Gasteiger partial charge on any atom is -0.494 e. The van der Waals surface area contributed by atoms with Gasteiger partial charge in [-0.25, -0.2) is 4.98 Å². The number of hydrogen-bond acceptors (Lipinski definition) is 4. The van der Waals surface area contributed by atoms with E-state index >= 15 is 0 Å². The quantitative estimate of drug-likeness (QED) is 0.702. The molecule has 3 aromatic rings. The summed E-state index contributed by atoms with van der Waals surface area (Å²) in [6.07, 6.45) is 0. The van der Waals surface area contributed by atoms with Gasteiger partial charge in [0, 0.05) is 21.7 Å². The summed E-state index contributed by atoms with van der Waals surface area (Å²) in [5.74, 6) is 0.826. The van der Waals surface area contributed by atoms with E-state index in [0.717, 1.165) is 26.8 Å². The first kappa shape index (κ1) is 14.1. The normalized spacial score (nSPS) is 11.0. The summed E-state index contributed by atoms with van der Waals surface area (Å²) in [5.41, 5.74) is 8.46. The second-order valence-corrected chi connectivity index (χ2v) is 5.91. The highest BCUT2D eigenvalue weighted by Crippen LogP contribution is 2.33. The molecule has 0 saturated heterocycles. The molecule has 0 spiro atoms. The van der Waals surface area contributed by atoms with E-state index < -0.39 is 0 Å². The van der Waals surface area contributed by atoms with Gasteiger partial charge in [0.25, 0.3) is 0 Å². The molecule has 0 bridgehead atoms. The van der Waals surface area contributed by atoms with Crippen LogP contribution in [0.15, 0.2) is 46.5 Å². The van der Waals surface area contributed by atoms with Gasteiger partial charge in [0.2, 0.25) is 0 Å². The molecule has 0 aliphatic rings. The largest absolute Gasteiger partial charge is 0.494 e. The highest BCUT2D eigenvalue weighted by Gasteiger charge is 2.08. The Labute approximate surface area is 131 Å². The van der Waals surface area contributed by atoms with Crippen LogP contribution in [-0.4, -0.2) is 16.6 Å². The van der Waals surface area contributed by atoms with E-state index in [1.165, 1.54) is 11.8 Å². The summed E-state index contributed by atoms with van der Waals surface area (Å²) in [6, 6.07) is 11.2. The molecule has 0 amide bonds. The molecule has 3 rings (SSSR count). The molecule has 3 N–H and O–H groups in total. The van der Waals surface area contributed by atoms with Crippen molar-refractivity contribution in [2.24, 2.45) is 0 Å². The highest BCUT2D eigenvalue weighted by atomic mass is 35.5. The highest BCUT2D eigenvalue weighted by molar-refractivity contribution is 7.99. The number of aromatic amines is 1. The third-order valence-corrected chi connectivity index (χ3v) is 4.12. The summed E-state index contributed by atoms with van der Waals surface area (Å²) in [6.45, 7) is 2.60. The lowest BCUT2D eigenvalue weighted by molar-refractivity contribution is 0.340. The molecule has 6 heteroatoms. The molecule has 0 atom stereocenters. The van der Waals surface area contributed by atoms with Gasteiger partial charge in [-0.1, -0.05) is 11.6 Å². The van der Waals surface area contributed by atoms with Crippen LogP contribution in [0.4, 0.5) is 5.69 Å². The monoisotopic (exact) mass is 319 g/mol. The van der Waals surface area contributed by atoms with Crippen molar-refractivity contribution in [2.45, 2.75) is 17.0 Å². The second-order valence-electron chi connectivity index (χ2n) is 4.44. The first-order valence-electron chi connectivity index (χ1n) is 6.51. The first-order valence-corrected chi connectivity index (χ1v) is 7.70. The average Bonchev–Trinajstić information content (AvgIpc) is 2.85. The molecule has 21 heavy (non-hydrogen) atoms. The first-order chi connectivity index (χ1) is 10.2. The minimum atomic E-state index is 0.639. The lowest BCUT2D eigenvalue weighted by Gasteiger charge is -2.03. The Morgan fingerprint density at radius 1 is 1.29 bits per heavy atom. The standard InChI is InChI=1S/C15H14ClN3OS/c1-2-20-10-4-6-12-13(8-10)19-15(18-12)21-14-7-9(16)3-5-11(14)17/h3-8H,2,17H2,1H3,(H,18,19). The van der Waals surface area contributed by atoms with Gasteiger partial charge in [-0.3, -0.25) is 0 Å².